The number of nitrogen functional groups attached to an aromatic ring is 1. The van der Waals surface area contributed by atoms with Gasteiger partial charge in [0.1, 0.15) is 12.1 Å². The highest BCUT2D eigenvalue weighted by Gasteiger charge is 2.43. The van der Waals surface area contributed by atoms with Gasteiger partial charge >= 0.3 is 0 Å². The smallest absolute Gasteiger partial charge is 0.245 e. The Labute approximate surface area is 345 Å². The minimum Gasteiger partial charge on any atom is -0.399 e. The molecule has 17 heteroatoms. The Morgan fingerprint density at radius 3 is 2.10 bits per heavy atom. The molecule has 0 radical (unpaired) electrons. The van der Waals surface area contributed by atoms with Gasteiger partial charge in [0.05, 0.1) is 49.2 Å². The quantitative estimate of drug-likeness (QED) is 0.0550. The van der Waals surface area contributed by atoms with Gasteiger partial charge in [-0.3, -0.25) is 28.9 Å². The van der Waals surface area contributed by atoms with Crippen molar-refractivity contribution in [2.45, 2.75) is 123 Å². The molecule has 0 aromatic heterocycles. The van der Waals surface area contributed by atoms with E-state index in [1.807, 2.05) is 60.5 Å². The van der Waals surface area contributed by atoms with Crippen LogP contribution >= 0.6 is 0 Å². The summed E-state index contributed by atoms with van der Waals surface area (Å²) in [6.45, 7) is 13.7. The SMILES string of the molecule is CC[C@H](C)[C@@H]([C@@H](CC(=O)N1CCC[C@H]1[C@H](OC)[C@@H](C)C(=O)NC(CN=[N+]=[N-])C(=O)NCc1ccc(N)cc1)OC)N(C)C(=O)[C@@H](NC(=O)[C@H](C(C)C)N(C)C)C(C)C. The first-order valence-corrected chi connectivity index (χ1v) is 20.4. The van der Waals surface area contributed by atoms with Gasteiger partial charge in [0.25, 0.3) is 0 Å². The molecule has 0 saturated carbocycles. The molecule has 1 aliphatic rings. The highest BCUT2D eigenvalue weighted by atomic mass is 16.5. The number of nitrogens with one attached hydrogen (secondary N) is 3. The normalized spacial score (nSPS) is 18.3. The summed E-state index contributed by atoms with van der Waals surface area (Å²) in [7, 11) is 8.40. The average molecular weight is 815 g/mol. The Balaban J connectivity index is 2.26. The summed E-state index contributed by atoms with van der Waals surface area (Å²) in [6.07, 6.45) is 0.525. The number of benzene rings is 1. The molecular formula is C41H70N10O7. The number of nitrogens with two attached hydrogens (primary N) is 1. The van der Waals surface area contributed by atoms with E-state index in [-0.39, 0.29) is 55.0 Å². The van der Waals surface area contributed by atoms with Crippen LogP contribution in [0.2, 0.25) is 0 Å². The minimum absolute atomic E-state index is 0.0240. The van der Waals surface area contributed by atoms with Crippen LogP contribution in [0.15, 0.2) is 29.4 Å². The zero-order chi connectivity index (χ0) is 43.9. The van der Waals surface area contributed by atoms with Gasteiger partial charge in [-0.1, -0.05) is 72.1 Å². The molecule has 2 rings (SSSR count). The summed E-state index contributed by atoms with van der Waals surface area (Å²) in [6, 6.07) is 3.65. The van der Waals surface area contributed by atoms with E-state index < -0.39 is 60.1 Å². The zero-order valence-electron chi connectivity index (χ0n) is 36.7. The van der Waals surface area contributed by atoms with Gasteiger partial charge in [-0.25, -0.2) is 0 Å². The van der Waals surface area contributed by atoms with Gasteiger partial charge in [0.2, 0.25) is 29.5 Å². The number of nitrogens with zero attached hydrogens (tertiary/aromatic N) is 6. The van der Waals surface area contributed by atoms with Crippen molar-refractivity contribution in [3.63, 3.8) is 0 Å². The van der Waals surface area contributed by atoms with Crippen LogP contribution in [0.3, 0.4) is 0 Å². The van der Waals surface area contributed by atoms with Crippen molar-refractivity contribution in [2.24, 2.45) is 28.8 Å². The van der Waals surface area contributed by atoms with Crippen molar-refractivity contribution in [3.05, 3.63) is 40.3 Å². The molecule has 1 aromatic carbocycles. The van der Waals surface area contributed by atoms with Crippen LogP contribution in [0.4, 0.5) is 5.69 Å². The molecule has 1 saturated heterocycles. The van der Waals surface area contributed by atoms with Crippen LogP contribution in [-0.2, 0) is 40.0 Å². The second kappa shape index (κ2) is 23.8. The summed E-state index contributed by atoms with van der Waals surface area (Å²) < 4.78 is 11.9. The number of likely N-dealkylation sites (tertiary alicyclic amines) is 1. The zero-order valence-corrected chi connectivity index (χ0v) is 36.7. The second-order valence-electron chi connectivity index (χ2n) is 16.4. The molecule has 17 nitrogen and oxygen atoms in total. The molecular weight excluding hydrogens is 745 g/mol. The fourth-order valence-electron chi connectivity index (χ4n) is 7.97. The van der Waals surface area contributed by atoms with Gasteiger partial charge in [0, 0.05) is 45.0 Å². The molecule has 1 aromatic rings. The van der Waals surface area contributed by atoms with Crippen molar-refractivity contribution in [3.8, 4) is 0 Å². The van der Waals surface area contributed by atoms with Gasteiger partial charge in [0.15, 0.2) is 0 Å². The summed E-state index contributed by atoms with van der Waals surface area (Å²) >= 11 is 0. The monoisotopic (exact) mass is 815 g/mol. The van der Waals surface area contributed by atoms with E-state index in [2.05, 4.69) is 26.0 Å². The molecule has 1 heterocycles. The van der Waals surface area contributed by atoms with E-state index in [1.165, 1.54) is 14.2 Å². The van der Waals surface area contributed by atoms with Crippen LogP contribution in [0, 0.1) is 23.7 Å². The fraction of sp³-hybridized carbons (Fsp3) is 0.732. The largest absolute Gasteiger partial charge is 0.399 e. The molecule has 5 N–H and O–H groups in total. The number of likely N-dealkylation sites (N-methyl/N-ethyl adjacent to an activating group) is 2. The average Bonchev–Trinajstić information content (AvgIpc) is 3.66. The maximum atomic E-state index is 14.3. The minimum atomic E-state index is -1.15. The molecule has 58 heavy (non-hydrogen) atoms. The lowest BCUT2D eigenvalue weighted by atomic mass is 9.89. The van der Waals surface area contributed by atoms with Crippen LogP contribution in [-0.4, -0.2) is 135 Å². The van der Waals surface area contributed by atoms with Crippen molar-refractivity contribution < 1.29 is 33.4 Å². The van der Waals surface area contributed by atoms with Gasteiger partial charge in [-0.2, -0.15) is 0 Å². The first kappa shape index (κ1) is 49.7. The third kappa shape index (κ3) is 13.6. The number of methoxy groups -OCH3 is 2. The van der Waals surface area contributed by atoms with E-state index >= 15 is 0 Å². The van der Waals surface area contributed by atoms with Gasteiger partial charge in [-0.05, 0) is 67.9 Å². The number of azide groups is 1. The van der Waals surface area contributed by atoms with Crippen molar-refractivity contribution in [2.75, 3.05) is 54.2 Å². The predicted octanol–water partition coefficient (Wildman–Crippen LogP) is 3.33. The standard InChI is InChI=1S/C41H70N10O7/c1-13-26(6)36(50(10)41(56)34(24(2)3)47-40(55)35(25(4)5)49(8)9)32(57-11)21-33(52)51-20-14-15-31(51)37(58-12)27(7)38(53)46-30(23-45-48-43)39(54)44-22-28-16-18-29(42)19-17-28/h16-19,24-27,30-32,34-37H,13-15,20-23,42H2,1-12H3,(H,44,54)(H,46,53)(H,47,55)/t26-,27+,30?,31-,32+,34-,35-,36-,37+/m0/s1. The van der Waals surface area contributed by atoms with Crippen molar-refractivity contribution in [1.82, 2.24) is 30.7 Å². The first-order chi connectivity index (χ1) is 27.3. The molecule has 5 amide bonds. The van der Waals surface area contributed by atoms with E-state index in [9.17, 15) is 24.0 Å². The highest BCUT2D eigenvalue weighted by Crippen LogP contribution is 2.30. The third-order valence-corrected chi connectivity index (χ3v) is 11.4. The van der Waals surface area contributed by atoms with Crippen LogP contribution < -0.4 is 21.7 Å². The third-order valence-electron chi connectivity index (χ3n) is 11.4. The van der Waals surface area contributed by atoms with Crippen LogP contribution in [0.25, 0.3) is 10.4 Å². The number of carbonyl (C=O) groups is 5. The van der Waals surface area contributed by atoms with E-state index in [0.717, 1.165) is 5.56 Å². The maximum Gasteiger partial charge on any atom is 0.245 e. The number of amides is 5. The number of rotatable bonds is 23. The summed E-state index contributed by atoms with van der Waals surface area (Å²) in [4.78, 5) is 76.8. The lowest BCUT2D eigenvalue weighted by molar-refractivity contribution is -0.148. The predicted molar refractivity (Wildman–Crippen MR) is 224 cm³/mol. The molecule has 0 aliphatic carbocycles. The summed E-state index contributed by atoms with van der Waals surface area (Å²) in [5, 5.41) is 12.0. The van der Waals surface area contributed by atoms with E-state index in [4.69, 9.17) is 20.7 Å². The van der Waals surface area contributed by atoms with Crippen LogP contribution in [0.5, 0.6) is 0 Å². The number of anilines is 1. The topological polar surface area (TPSA) is 224 Å². The fourth-order valence-corrected chi connectivity index (χ4v) is 7.97. The Hall–Kier alpha value is -4.44. The van der Waals surface area contributed by atoms with Crippen molar-refractivity contribution >= 4 is 35.2 Å². The molecule has 0 bridgehead atoms. The Morgan fingerprint density at radius 1 is 0.948 bits per heavy atom. The maximum absolute atomic E-state index is 14.3. The number of carbonyl (C=O) groups excluding carboxylic acids is 5. The highest BCUT2D eigenvalue weighted by molar-refractivity contribution is 5.90. The molecule has 1 unspecified atom stereocenters. The Morgan fingerprint density at radius 2 is 1.59 bits per heavy atom. The molecule has 0 spiro atoms. The lowest BCUT2D eigenvalue weighted by Crippen LogP contribution is -2.59. The van der Waals surface area contributed by atoms with Gasteiger partial charge < -0.3 is 41.0 Å². The van der Waals surface area contributed by atoms with Gasteiger partial charge in [-0.15, -0.1) is 0 Å². The Kier molecular flexibility index (Phi) is 20.4. The molecule has 9 atom stereocenters. The molecule has 326 valence electrons. The summed E-state index contributed by atoms with van der Waals surface area (Å²) in [5.41, 5.74) is 16.1. The molecule has 1 aliphatic heterocycles. The molecule has 1 fully saturated rings. The number of ether oxygens (including phenoxy) is 2. The second-order valence-corrected chi connectivity index (χ2v) is 16.4. The lowest BCUT2D eigenvalue weighted by Gasteiger charge is -2.41. The van der Waals surface area contributed by atoms with Crippen molar-refractivity contribution in [1.29, 1.82) is 0 Å². The Bertz CT molecular complexity index is 1540. The van der Waals surface area contributed by atoms with Crippen LogP contribution in [0.1, 0.15) is 79.7 Å². The van der Waals surface area contributed by atoms with E-state index in [1.54, 1.807) is 48.0 Å². The number of hydrogen-bond donors (Lipinski definition) is 4. The summed E-state index contributed by atoms with van der Waals surface area (Å²) in [5.74, 6) is -2.78. The van der Waals surface area contributed by atoms with E-state index in [0.29, 0.717) is 31.5 Å². The first-order valence-electron chi connectivity index (χ1n) is 20.4. The number of hydrogen-bond acceptors (Lipinski definition) is 10.